The van der Waals surface area contributed by atoms with Crippen molar-refractivity contribution >= 4 is 11.8 Å². The van der Waals surface area contributed by atoms with E-state index < -0.39 is 0 Å². The Bertz CT molecular complexity index is 343. The van der Waals surface area contributed by atoms with Crippen LogP contribution in [0, 0.1) is 12.8 Å². The maximum Gasteiger partial charge on any atom is 0.0164 e. The van der Waals surface area contributed by atoms with E-state index in [1.54, 1.807) is 0 Å². The summed E-state index contributed by atoms with van der Waals surface area (Å²) in [6, 6.07) is 9.54. The van der Waals surface area contributed by atoms with Crippen molar-refractivity contribution in [3.8, 4) is 0 Å². The summed E-state index contributed by atoms with van der Waals surface area (Å²) in [5.41, 5.74) is 1.34. The molecule has 114 valence electrons. The molecule has 1 rings (SSSR count). The predicted molar refractivity (Wildman–Crippen MR) is 92.7 cm³/mol. The van der Waals surface area contributed by atoms with Crippen molar-refractivity contribution in [1.82, 2.24) is 5.32 Å². The number of aryl methyl sites for hydroxylation is 1. The molecule has 1 nitrogen and oxygen atoms in total. The highest BCUT2D eigenvalue weighted by atomic mass is 32.2. The molecule has 2 heteroatoms. The predicted octanol–water partition coefficient (Wildman–Crippen LogP) is 5.28. The van der Waals surface area contributed by atoms with E-state index in [2.05, 4.69) is 57.3 Å². The lowest BCUT2D eigenvalue weighted by molar-refractivity contribution is 0.384. The van der Waals surface area contributed by atoms with Crippen LogP contribution >= 0.6 is 11.8 Å². The number of thioether (sulfide) groups is 1. The largest absolute Gasteiger partial charge is 0.313 e. The molecule has 0 aliphatic heterocycles. The molecule has 1 aromatic carbocycles. The van der Waals surface area contributed by atoms with Crippen LogP contribution in [0.1, 0.15) is 52.0 Å². The standard InChI is InChI=1S/C18H31NS/c1-5-12-19-17(13-16(6-2)7-3)14-20-18-10-8-15(4)9-11-18/h8-11,16-17,19H,5-7,12-14H2,1-4H3. The highest BCUT2D eigenvalue weighted by Crippen LogP contribution is 2.23. The van der Waals surface area contributed by atoms with Gasteiger partial charge in [0.25, 0.3) is 0 Å². The Morgan fingerprint density at radius 2 is 1.70 bits per heavy atom. The van der Waals surface area contributed by atoms with E-state index in [9.17, 15) is 0 Å². The number of nitrogens with one attached hydrogen (secondary N) is 1. The van der Waals surface area contributed by atoms with E-state index >= 15 is 0 Å². The minimum Gasteiger partial charge on any atom is -0.313 e. The highest BCUT2D eigenvalue weighted by molar-refractivity contribution is 7.99. The molecule has 0 aliphatic carbocycles. The Kier molecular flexibility index (Phi) is 9.04. The summed E-state index contributed by atoms with van der Waals surface area (Å²) in [5.74, 6) is 2.04. The second-order valence-electron chi connectivity index (χ2n) is 5.69. The van der Waals surface area contributed by atoms with E-state index in [0.29, 0.717) is 6.04 Å². The smallest absolute Gasteiger partial charge is 0.0164 e. The topological polar surface area (TPSA) is 12.0 Å². The summed E-state index contributed by atoms with van der Waals surface area (Å²) in [5, 5.41) is 3.73. The molecule has 20 heavy (non-hydrogen) atoms. The average molecular weight is 294 g/mol. The van der Waals surface area contributed by atoms with Crippen molar-refractivity contribution < 1.29 is 0 Å². The number of hydrogen-bond donors (Lipinski definition) is 1. The van der Waals surface area contributed by atoms with Gasteiger partial charge in [-0.3, -0.25) is 0 Å². The quantitative estimate of drug-likeness (QED) is 0.589. The van der Waals surface area contributed by atoms with Gasteiger partial charge in [-0.05, 0) is 44.4 Å². The Morgan fingerprint density at radius 3 is 2.25 bits per heavy atom. The van der Waals surface area contributed by atoms with E-state index in [-0.39, 0.29) is 0 Å². The Morgan fingerprint density at radius 1 is 1.05 bits per heavy atom. The van der Waals surface area contributed by atoms with Crippen molar-refractivity contribution in [3.05, 3.63) is 29.8 Å². The van der Waals surface area contributed by atoms with Gasteiger partial charge in [-0.2, -0.15) is 0 Å². The van der Waals surface area contributed by atoms with Gasteiger partial charge in [0.15, 0.2) is 0 Å². The van der Waals surface area contributed by atoms with E-state index in [4.69, 9.17) is 0 Å². The van der Waals surface area contributed by atoms with Crippen LogP contribution in [-0.4, -0.2) is 18.3 Å². The molecule has 0 bridgehead atoms. The molecular formula is C18H31NS. The molecule has 0 saturated carbocycles. The van der Waals surface area contributed by atoms with Crippen LogP contribution in [0.2, 0.25) is 0 Å². The van der Waals surface area contributed by atoms with Crippen molar-refractivity contribution in [2.75, 3.05) is 12.3 Å². The first kappa shape index (κ1) is 17.6. The van der Waals surface area contributed by atoms with E-state index in [1.165, 1.54) is 41.9 Å². The van der Waals surface area contributed by atoms with Gasteiger partial charge in [-0.15, -0.1) is 11.8 Å². The summed E-state index contributed by atoms with van der Waals surface area (Å²) >= 11 is 1.99. The average Bonchev–Trinajstić information content (AvgIpc) is 2.48. The number of hydrogen-bond acceptors (Lipinski definition) is 2. The Labute approximate surface area is 129 Å². The van der Waals surface area contributed by atoms with Crippen molar-refractivity contribution in [2.24, 2.45) is 5.92 Å². The molecule has 1 unspecified atom stereocenters. The fourth-order valence-electron chi connectivity index (χ4n) is 2.41. The van der Waals surface area contributed by atoms with Crippen LogP contribution in [0.25, 0.3) is 0 Å². The second kappa shape index (κ2) is 10.3. The Balaban J connectivity index is 2.48. The van der Waals surface area contributed by atoms with Crippen LogP contribution in [0.15, 0.2) is 29.2 Å². The zero-order valence-electron chi connectivity index (χ0n) is 13.6. The fourth-order valence-corrected chi connectivity index (χ4v) is 3.39. The third-order valence-electron chi connectivity index (χ3n) is 3.93. The highest BCUT2D eigenvalue weighted by Gasteiger charge is 2.14. The van der Waals surface area contributed by atoms with Gasteiger partial charge in [0.2, 0.25) is 0 Å². The van der Waals surface area contributed by atoms with Gasteiger partial charge >= 0.3 is 0 Å². The van der Waals surface area contributed by atoms with E-state index in [1.807, 2.05) is 11.8 Å². The maximum atomic E-state index is 3.73. The summed E-state index contributed by atoms with van der Waals surface area (Å²) in [6.07, 6.45) is 5.13. The first-order valence-corrected chi connectivity index (χ1v) is 9.10. The van der Waals surface area contributed by atoms with Crippen LogP contribution in [0.3, 0.4) is 0 Å². The molecule has 0 amide bonds. The molecule has 1 atom stereocenters. The van der Waals surface area contributed by atoms with Gasteiger partial charge in [0, 0.05) is 16.7 Å². The fraction of sp³-hybridized carbons (Fsp3) is 0.667. The van der Waals surface area contributed by atoms with Crippen LogP contribution in [-0.2, 0) is 0 Å². The molecule has 0 radical (unpaired) electrons. The second-order valence-corrected chi connectivity index (χ2v) is 6.79. The van der Waals surface area contributed by atoms with Crippen molar-refractivity contribution in [2.45, 2.75) is 64.3 Å². The van der Waals surface area contributed by atoms with Crippen LogP contribution in [0.4, 0.5) is 0 Å². The lowest BCUT2D eigenvalue weighted by Gasteiger charge is -2.23. The first-order chi connectivity index (χ1) is 9.69. The molecule has 0 aliphatic rings. The third-order valence-corrected chi connectivity index (χ3v) is 5.10. The maximum absolute atomic E-state index is 3.73. The lowest BCUT2D eigenvalue weighted by Crippen LogP contribution is -2.33. The zero-order valence-corrected chi connectivity index (χ0v) is 14.4. The number of benzene rings is 1. The molecule has 1 N–H and O–H groups in total. The normalized spacial score (nSPS) is 12.8. The monoisotopic (exact) mass is 293 g/mol. The molecule has 0 spiro atoms. The number of rotatable bonds is 10. The Hall–Kier alpha value is -0.470. The summed E-state index contributed by atoms with van der Waals surface area (Å²) < 4.78 is 0. The minimum atomic E-state index is 0.645. The molecule has 0 saturated heterocycles. The van der Waals surface area contributed by atoms with Crippen LogP contribution < -0.4 is 5.32 Å². The van der Waals surface area contributed by atoms with Gasteiger partial charge in [-0.1, -0.05) is 51.3 Å². The molecule has 0 aromatic heterocycles. The van der Waals surface area contributed by atoms with Crippen molar-refractivity contribution in [1.29, 1.82) is 0 Å². The lowest BCUT2D eigenvalue weighted by atomic mass is 9.95. The third kappa shape index (κ3) is 6.81. The van der Waals surface area contributed by atoms with Gasteiger partial charge in [0.05, 0.1) is 0 Å². The molecule has 1 aromatic rings. The van der Waals surface area contributed by atoms with Gasteiger partial charge < -0.3 is 5.32 Å². The van der Waals surface area contributed by atoms with E-state index in [0.717, 1.165) is 12.5 Å². The zero-order chi connectivity index (χ0) is 14.8. The van der Waals surface area contributed by atoms with Crippen LogP contribution in [0.5, 0.6) is 0 Å². The molecule has 0 heterocycles. The first-order valence-electron chi connectivity index (χ1n) is 8.12. The molecular weight excluding hydrogens is 262 g/mol. The molecule has 0 fully saturated rings. The summed E-state index contributed by atoms with van der Waals surface area (Å²) in [7, 11) is 0. The van der Waals surface area contributed by atoms with Gasteiger partial charge in [0.1, 0.15) is 0 Å². The summed E-state index contributed by atoms with van der Waals surface area (Å²) in [4.78, 5) is 1.39. The van der Waals surface area contributed by atoms with Crippen molar-refractivity contribution in [3.63, 3.8) is 0 Å². The summed E-state index contributed by atoms with van der Waals surface area (Å²) in [6.45, 7) is 10.2. The SMILES string of the molecule is CCCNC(CSc1ccc(C)cc1)CC(CC)CC. The van der Waals surface area contributed by atoms with Gasteiger partial charge in [-0.25, -0.2) is 0 Å². The minimum absolute atomic E-state index is 0.645.